The third-order valence-corrected chi connectivity index (χ3v) is 1.42. The molecule has 11 heavy (non-hydrogen) atoms. The molecule has 68 valence electrons. The van der Waals surface area contributed by atoms with Crippen molar-refractivity contribution < 1.29 is 13.2 Å². The van der Waals surface area contributed by atoms with E-state index >= 15 is 0 Å². The van der Waals surface area contributed by atoms with Crippen LogP contribution in [-0.4, -0.2) is 11.1 Å². The minimum absolute atomic E-state index is 0.111. The molecule has 0 bridgehead atoms. The normalized spacial score (nSPS) is 13.6. The van der Waals surface area contributed by atoms with Gasteiger partial charge in [0.1, 0.15) is 0 Å². The minimum Gasteiger partial charge on any atom is -0.171 e. The zero-order valence-corrected chi connectivity index (χ0v) is 7.39. The van der Waals surface area contributed by atoms with Crippen LogP contribution in [0.25, 0.3) is 0 Å². The van der Waals surface area contributed by atoms with Gasteiger partial charge in [0, 0.05) is 11.3 Å². The van der Waals surface area contributed by atoms with Crippen LogP contribution in [-0.2, 0) is 0 Å². The molecule has 4 heteroatoms. The number of halogens is 4. The lowest BCUT2D eigenvalue weighted by Crippen LogP contribution is -2.13. The van der Waals surface area contributed by atoms with Crippen LogP contribution in [0.2, 0.25) is 0 Å². The molecule has 0 aromatic carbocycles. The van der Waals surface area contributed by atoms with E-state index in [1.54, 1.807) is 13.8 Å². The summed E-state index contributed by atoms with van der Waals surface area (Å²) >= 11 is 5.69. The van der Waals surface area contributed by atoms with Gasteiger partial charge in [0.25, 0.3) is 0 Å². The Morgan fingerprint density at radius 2 is 1.55 bits per heavy atom. The number of hydrogen-bond donors (Lipinski definition) is 0. The van der Waals surface area contributed by atoms with Crippen molar-refractivity contribution in [2.45, 2.75) is 44.2 Å². The van der Waals surface area contributed by atoms with Crippen molar-refractivity contribution in [3.05, 3.63) is 0 Å². The van der Waals surface area contributed by atoms with Gasteiger partial charge in [-0.25, -0.2) is 0 Å². The highest BCUT2D eigenvalue weighted by Crippen LogP contribution is 2.27. The maximum absolute atomic E-state index is 11.6. The molecule has 0 nitrogen and oxygen atoms in total. The topological polar surface area (TPSA) is 0 Å². The zero-order chi connectivity index (χ0) is 9.12. The molecule has 0 fully saturated rings. The predicted molar refractivity (Wildman–Crippen MR) is 39.8 cm³/mol. The summed E-state index contributed by atoms with van der Waals surface area (Å²) in [7, 11) is 0. The van der Waals surface area contributed by atoms with Crippen LogP contribution in [0.15, 0.2) is 0 Å². The van der Waals surface area contributed by atoms with E-state index in [2.05, 4.69) is 0 Å². The second-order valence-electron chi connectivity index (χ2n) is 3.19. The summed E-state index contributed by atoms with van der Waals surface area (Å²) in [6.07, 6.45) is -4.26. The van der Waals surface area contributed by atoms with Crippen molar-refractivity contribution in [1.82, 2.24) is 0 Å². The molecule has 0 radical (unpaired) electrons. The highest BCUT2D eigenvalue weighted by molar-refractivity contribution is 6.23. The van der Waals surface area contributed by atoms with Crippen molar-refractivity contribution >= 4 is 11.6 Å². The first-order valence-electron chi connectivity index (χ1n) is 3.46. The van der Waals surface area contributed by atoms with E-state index < -0.39 is 17.5 Å². The van der Waals surface area contributed by atoms with Crippen LogP contribution in [0.1, 0.15) is 33.1 Å². The van der Waals surface area contributed by atoms with Crippen LogP contribution >= 0.6 is 11.6 Å². The van der Waals surface area contributed by atoms with E-state index in [4.69, 9.17) is 11.6 Å². The summed E-state index contributed by atoms with van der Waals surface area (Å²) in [4.78, 5) is -0.509. The molecule has 0 aliphatic carbocycles. The fourth-order valence-electron chi connectivity index (χ4n) is 0.709. The van der Waals surface area contributed by atoms with Crippen molar-refractivity contribution in [1.29, 1.82) is 0 Å². The Hall–Kier alpha value is 0.0800. The molecular weight excluding hydrogens is 177 g/mol. The van der Waals surface area contributed by atoms with E-state index in [-0.39, 0.29) is 6.42 Å². The molecular formula is C7H12ClF3. The highest BCUT2D eigenvalue weighted by Gasteiger charge is 2.27. The van der Waals surface area contributed by atoms with Gasteiger partial charge < -0.3 is 0 Å². The largest absolute Gasteiger partial charge is 0.389 e. The standard InChI is InChI=1S/C7H12ClF3/c1-6(2,8)4-3-5-7(9,10)11/h3-5H2,1-2H3. The van der Waals surface area contributed by atoms with Gasteiger partial charge in [0.15, 0.2) is 0 Å². The average Bonchev–Trinajstić information content (AvgIpc) is 1.55. The van der Waals surface area contributed by atoms with Gasteiger partial charge in [-0.2, -0.15) is 13.2 Å². The van der Waals surface area contributed by atoms with Crippen LogP contribution in [0.3, 0.4) is 0 Å². The smallest absolute Gasteiger partial charge is 0.171 e. The molecule has 0 atom stereocenters. The lowest BCUT2D eigenvalue weighted by Gasteiger charge is -2.15. The second-order valence-corrected chi connectivity index (χ2v) is 4.21. The quantitative estimate of drug-likeness (QED) is 0.592. The predicted octanol–water partition coefficient (Wildman–Crippen LogP) is 3.74. The van der Waals surface area contributed by atoms with Gasteiger partial charge in [0.05, 0.1) is 0 Å². The molecule has 0 saturated heterocycles. The number of rotatable bonds is 3. The van der Waals surface area contributed by atoms with E-state index in [0.29, 0.717) is 6.42 Å². The van der Waals surface area contributed by atoms with Crippen LogP contribution in [0.4, 0.5) is 13.2 Å². The Balaban J connectivity index is 3.44. The maximum atomic E-state index is 11.6. The molecule has 0 aliphatic heterocycles. The first-order chi connectivity index (χ1) is 4.71. The molecule has 0 aromatic rings. The van der Waals surface area contributed by atoms with Crippen LogP contribution in [0, 0.1) is 0 Å². The molecule has 0 N–H and O–H groups in total. The van der Waals surface area contributed by atoms with Crippen LogP contribution < -0.4 is 0 Å². The zero-order valence-electron chi connectivity index (χ0n) is 6.63. The van der Waals surface area contributed by atoms with Gasteiger partial charge >= 0.3 is 6.18 Å². The maximum Gasteiger partial charge on any atom is 0.389 e. The monoisotopic (exact) mass is 188 g/mol. The summed E-state index contributed by atoms with van der Waals surface area (Å²) in [6, 6.07) is 0. The third-order valence-electron chi connectivity index (χ3n) is 1.23. The fraction of sp³-hybridized carbons (Fsp3) is 1.00. The Kier molecular flexibility index (Phi) is 3.68. The summed E-state index contributed by atoms with van der Waals surface area (Å²) in [5.41, 5.74) is 0. The minimum atomic E-state index is -4.04. The van der Waals surface area contributed by atoms with Gasteiger partial charge in [-0.3, -0.25) is 0 Å². The first-order valence-corrected chi connectivity index (χ1v) is 3.84. The fourth-order valence-corrected chi connectivity index (χ4v) is 0.843. The molecule has 0 unspecified atom stereocenters. The average molecular weight is 189 g/mol. The van der Waals surface area contributed by atoms with Crippen molar-refractivity contribution in [2.75, 3.05) is 0 Å². The number of hydrogen-bond acceptors (Lipinski definition) is 0. The van der Waals surface area contributed by atoms with E-state index in [1.165, 1.54) is 0 Å². The van der Waals surface area contributed by atoms with Gasteiger partial charge in [0.2, 0.25) is 0 Å². The molecule has 0 amide bonds. The number of alkyl halides is 4. The van der Waals surface area contributed by atoms with Gasteiger partial charge in [-0.15, -0.1) is 11.6 Å². The summed E-state index contributed by atoms with van der Waals surface area (Å²) < 4.78 is 34.8. The Labute approximate surface area is 69.7 Å². The first kappa shape index (κ1) is 11.1. The second kappa shape index (κ2) is 3.65. The lowest BCUT2D eigenvalue weighted by molar-refractivity contribution is -0.135. The van der Waals surface area contributed by atoms with Crippen molar-refractivity contribution in [3.63, 3.8) is 0 Å². The van der Waals surface area contributed by atoms with Crippen LogP contribution in [0.5, 0.6) is 0 Å². The molecule has 0 aromatic heterocycles. The molecule has 0 heterocycles. The molecule has 0 rings (SSSR count). The van der Waals surface area contributed by atoms with E-state index in [0.717, 1.165) is 0 Å². The third kappa shape index (κ3) is 10.1. The highest BCUT2D eigenvalue weighted by atomic mass is 35.5. The summed E-state index contributed by atoms with van der Waals surface area (Å²) in [5.74, 6) is 0. The molecule has 0 spiro atoms. The SMILES string of the molecule is CC(C)(Cl)CCCC(F)(F)F. The Morgan fingerprint density at radius 3 is 1.82 bits per heavy atom. The van der Waals surface area contributed by atoms with E-state index in [9.17, 15) is 13.2 Å². The van der Waals surface area contributed by atoms with Gasteiger partial charge in [-0.1, -0.05) is 0 Å². The van der Waals surface area contributed by atoms with Crippen molar-refractivity contribution in [3.8, 4) is 0 Å². The Bertz CT molecular complexity index is 97.8. The lowest BCUT2D eigenvalue weighted by atomic mass is 10.1. The Morgan fingerprint density at radius 1 is 1.09 bits per heavy atom. The molecule has 0 aliphatic rings. The van der Waals surface area contributed by atoms with Gasteiger partial charge in [-0.05, 0) is 26.7 Å². The van der Waals surface area contributed by atoms with Crippen molar-refractivity contribution in [2.24, 2.45) is 0 Å². The molecule has 0 saturated carbocycles. The summed E-state index contributed by atoms with van der Waals surface area (Å²) in [6.45, 7) is 3.43. The van der Waals surface area contributed by atoms with E-state index in [1.807, 2.05) is 0 Å². The summed E-state index contributed by atoms with van der Waals surface area (Å²) in [5, 5.41) is 0.